The van der Waals surface area contributed by atoms with Crippen LogP contribution in [-0.4, -0.2) is 11.8 Å². The minimum atomic E-state index is 0.128. The minimum absolute atomic E-state index is 0.128. The van der Waals surface area contributed by atoms with Gasteiger partial charge in [-0.15, -0.1) is 0 Å². The quantitative estimate of drug-likeness (QED) is 0.513. The first-order valence-corrected chi connectivity index (χ1v) is 4.63. The first-order valence-electron chi connectivity index (χ1n) is 4.63. The molecule has 1 fully saturated rings. The zero-order valence-corrected chi connectivity index (χ0v) is 7.93. The fraction of sp³-hybridized carbons (Fsp3) is 0.900. The van der Waals surface area contributed by atoms with E-state index in [1.54, 1.807) is 0 Å². The van der Waals surface area contributed by atoms with E-state index < -0.39 is 0 Å². The van der Waals surface area contributed by atoms with Crippen molar-refractivity contribution < 1.29 is 0 Å². The van der Waals surface area contributed by atoms with Gasteiger partial charge in [0.15, 0.2) is 0 Å². The Morgan fingerprint density at radius 3 is 2.18 bits per heavy atom. The molecule has 0 unspecified atom stereocenters. The highest BCUT2D eigenvalue weighted by Crippen LogP contribution is 2.23. The van der Waals surface area contributed by atoms with Crippen molar-refractivity contribution in [2.45, 2.75) is 52.0 Å². The summed E-state index contributed by atoms with van der Waals surface area (Å²) in [6, 6.07) is 0. The van der Waals surface area contributed by atoms with E-state index >= 15 is 0 Å². The van der Waals surface area contributed by atoms with Crippen LogP contribution in [0.4, 0.5) is 0 Å². The Kier molecular flexibility index (Phi) is 2.69. The molecule has 1 heteroatoms. The van der Waals surface area contributed by atoms with Crippen LogP contribution in [0.2, 0.25) is 0 Å². The molecule has 1 nitrogen and oxygen atoms in total. The molecule has 1 saturated carbocycles. The largest absolute Gasteiger partial charge is 0.291 e. The van der Waals surface area contributed by atoms with Crippen molar-refractivity contribution >= 4 is 6.21 Å². The summed E-state index contributed by atoms with van der Waals surface area (Å²) in [5.74, 6) is 0.786. The predicted octanol–water partition coefficient (Wildman–Crippen LogP) is 3.05. The van der Waals surface area contributed by atoms with E-state index in [0.717, 1.165) is 5.92 Å². The molecule has 0 heterocycles. The predicted molar refractivity (Wildman–Crippen MR) is 50.2 cm³/mol. The summed E-state index contributed by atoms with van der Waals surface area (Å²) in [6.45, 7) is 6.45. The molecule has 0 atom stereocenters. The SMILES string of the molecule is CC(C)(C)N=CC1CCCC1. The summed E-state index contributed by atoms with van der Waals surface area (Å²) >= 11 is 0. The second-order valence-corrected chi connectivity index (χ2v) is 4.49. The van der Waals surface area contributed by atoms with Gasteiger partial charge in [-0.2, -0.15) is 0 Å². The average molecular weight is 153 g/mol. The van der Waals surface area contributed by atoms with Crippen LogP contribution in [0.15, 0.2) is 4.99 Å². The van der Waals surface area contributed by atoms with Crippen LogP contribution in [-0.2, 0) is 0 Å². The Morgan fingerprint density at radius 2 is 1.73 bits per heavy atom. The van der Waals surface area contributed by atoms with Crippen molar-refractivity contribution in [2.75, 3.05) is 0 Å². The summed E-state index contributed by atoms with van der Waals surface area (Å²) in [6.07, 6.45) is 7.70. The van der Waals surface area contributed by atoms with Gasteiger partial charge in [-0.25, -0.2) is 0 Å². The second-order valence-electron chi connectivity index (χ2n) is 4.49. The lowest BCUT2D eigenvalue weighted by molar-refractivity contribution is 0.577. The molecule has 1 aliphatic rings. The topological polar surface area (TPSA) is 12.4 Å². The van der Waals surface area contributed by atoms with Crippen LogP contribution < -0.4 is 0 Å². The molecule has 64 valence electrons. The third kappa shape index (κ3) is 3.54. The number of aliphatic imine (C=N–C) groups is 1. The summed E-state index contributed by atoms with van der Waals surface area (Å²) in [5.41, 5.74) is 0.128. The van der Waals surface area contributed by atoms with Crippen LogP contribution in [0.1, 0.15) is 46.5 Å². The molecule has 0 spiro atoms. The number of hydrogen-bond donors (Lipinski definition) is 0. The standard InChI is InChI=1S/C10H19N/c1-10(2,3)11-8-9-6-4-5-7-9/h8-9H,4-7H2,1-3H3. The summed E-state index contributed by atoms with van der Waals surface area (Å²) in [7, 11) is 0. The zero-order chi connectivity index (χ0) is 8.32. The Morgan fingerprint density at radius 1 is 1.18 bits per heavy atom. The van der Waals surface area contributed by atoms with Crippen molar-refractivity contribution in [3.8, 4) is 0 Å². The van der Waals surface area contributed by atoms with Gasteiger partial charge >= 0.3 is 0 Å². The lowest BCUT2D eigenvalue weighted by atomic mass is 10.1. The molecule has 0 N–H and O–H groups in total. The van der Waals surface area contributed by atoms with Gasteiger partial charge in [0.05, 0.1) is 5.54 Å². The van der Waals surface area contributed by atoms with E-state index in [-0.39, 0.29) is 5.54 Å². The maximum absolute atomic E-state index is 4.51. The van der Waals surface area contributed by atoms with E-state index in [0.29, 0.717) is 0 Å². The molecule has 11 heavy (non-hydrogen) atoms. The van der Waals surface area contributed by atoms with Gasteiger partial charge in [0.25, 0.3) is 0 Å². The maximum Gasteiger partial charge on any atom is 0.0520 e. The normalized spacial score (nSPS) is 21.7. The Labute approximate surface area is 69.9 Å². The zero-order valence-electron chi connectivity index (χ0n) is 7.93. The molecule has 1 rings (SSSR count). The monoisotopic (exact) mass is 153 g/mol. The molecule has 0 aromatic rings. The van der Waals surface area contributed by atoms with Gasteiger partial charge in [0, 0.05) is 6.21 Å². The maximum atomic E-state index is 4.51. The number of hydrogen-bond acceptors (Lipinski definition) is 1. The average Bonchev–Trinajstić information content (AvgIpc) is 2.32. The molecule has 0 amide bonds. The van der Waals surface area contributed by atoms with E-state index in [2.05, 4.69) is 32.0 Å². The highest BCUT2D eigenvalue weighted by molar-refractivity contribution is 5.61. The second kappa shape index (κ2) is 3.38. The van der Waals surface area contributed by atoms with Crippen molar-refractivity contribution in [2.24, 2.45) is 10.9 Å². The van der Waals surface area contributed by atoms with Gasteiger partial charge in [0.1, 0.15) is 0 Å². The smallest absolute Gasteiger partial charge is 0.0520 e. The molecular formula is C10H19N. The van der Waals surface area contributed by atoms with Crippen LogP contribution in [0, 0.1) is 5.92 Å². The van der Waals surface area contributed by atoms with E-state index in [1.807, 2.05) is 0 Å². The van der Waals surface area contributed by atoms with Crippen LogP contribution in [0.25, 0.3) is 0 Å². The molecular weight excluding hydrogens is 134 g/mol. The molecule has 1 aliphatic carbocycles. The van der Waals surface area contributed by atoms with Crippen molar-refractivity contribution in [1.82, 2.24) is 0 Å². The molecule has 0 aromatic carbocycles. The van der Waals surface area contributed by atoms with E-state index in [1.165, 1.54) is 25.7 Å². The Bertz CT molecular complexity index is 135. The molecule has 0 aromatic heterocycles. The van der Waals surface area contributed by atoms with Gasteiger partial charge < -0.3 is 0 Å². The minimum Gasteiger partial charge on any atom is -0.291 e. The first-order chi connectivity index (χ1) is 5.08. The van der Waals surface area contributed by atoms with Gasteiger partial charge in [0.2, 0.25) is 0 Å². The summed E-state index contributed by atoms with van der Waals surface area (Å²) in [4.78, 5) is 4.51. The van der Waals surface area contributed by atoms with Gasteiger partial charge in [-0.05, 0) is 39.5 Å². The lowest BCUT2D eigenvalue weighted by Crippen LogP contribution is -2.11. The van der Waals surface area contributed by atoms with Crippen LogP contribution >= 0.6 is 0 Å². The van der Waals surface area contributed by atoms with Gasteiger partial charge in [-0.1, -0.05) is 12.8 Å². The third-order valence-corrected chi connectivity index (χ3v) is 2.07. The van der Waals surface area contributed by atoms with Gasteiger partial charge in [-0.3, -0.25) is 4.99 Å². The summed E-state index contributed by atoms with van der Waals surface area (Å²) in [5, 5.41) is 0. The molecule has 0 radical (unpaired) electrons. The van der Waals surface area contributed by atoms with Crippen molar-refractivity contribution in [3.63, 3.8) is 0 Å². The highest BCUT2D eigenvalue weighted by atomic mass is 14.8. The van der Waals surface area contributed by atoms with Crippen LogP contribution in [0.3, 0.4) is 0 Å². The molecule has 0 bridgehead atoms. The molecule has 0 aliphatic heterocycles. The van der Waals surface area contributed by atoms with E-state index in [4.69, 9.17) is 0 Å². The third-order valence-electron chi connectivity index (χ3n) is 2.07. The highest BCUT2D eigenvalue weighted by Gasteiger charge is 2.13. The molecule has 0 saturated heterocycles. The van der Waals surface area contributed by atoms with Crippen molar-refractivity contribution in [3.05, 3.63) is 0 Å². The van der Waals surface area contributed by atoms with E-state index in [9.17, 15) is 0 Å². The first kappa shape index (κ1) is 8.76. The van der Waals surface area contributed by atoms with Crippen molar-refractivity contribution in [1.29, 1.82) is 0 Å². The fourth-order valence-electron chi connectivity index (χ4n) is 1.44. The summed E-state index contributed by atoms with van der Waals surface area (Å²) < 4.78 is 0. The Hall–Kier alpha value is -0.330. The number of rotatable bonds is 1. The van der Waals surface area contributed by atoms with Crippen LogP contribution in [0.5, 0.6) is 0 Å². The fourth-order valence-corrected chi connectivity index (χ4v) is 1.44. The number of nitrogens with zero attached hydrogens (tertiary/aromatic N) is 1. The lowest BCUT2D eigenvalue weighted by Gasteiger charge is -2.12. The Balaban J connectivity index is 2.34.